The summed E-state index contributed by atoms with van der Waals surface area (Å²) < 4.78 is 5.43. The molecule has 2 aliphatic heterocycles. The van der Waals surface area contributed by atoms with Crippen molar-refractivity contribution in [3.63, 3.8) is 0 Å². The third-order valence-electron chi connectivity index (χ3n) is 6.03. The van der Waals surface area contributed by atoms with Crippen LogP contribution in [0, 0.1) is 5.92 Å². The first-order valence-corrected chi connectivity index (χ1v) is 11.3. The third-order valence-corrected chi connectivity index (χ3v) is 6.03. The van der Waals surface area contributed by atoms with Crippen LogP contribution in [0.1, 0.15) is 24.0 Å². The van der Waals surface area contributed by atoms with Crippen LogP contribution in [0.15, 0.2) is 54.7 Å². The molecule has 0 spiro atoms. The number of carbonyl (C=O) groups is 2. The molecule has 1 N–H and O–H groups in total. The summed E-state index contributed by atoms with van der Waals surface area (Å²) in [6.07, 6.45) is 6.60. The van der Waals surface area contributed by atoms with Gasteiger partial charge in [0, 0.05) is 56.5 Å². The van der Waals surface area contributed by atoms with Crippen molar-refractivity contribution in [2.45, 2.75) is 19.4 Å². The maximum atomic E-state index is 12.8. The van der Waals surface area contributed by atoms with Crippen LogP contribution < -0.4 is 10.2 Å². The smallest absolute Gasteiger partial charge is 0.246 e. The van der Waals surface area contributed by atoms with E-state index in [-0.39, 0.29) is 17.7 Å². The average Bonchev–Trinajstić information content (AvgIpc) is 2.87. The van der Waals surface area contributed by atoms with Gasteiger partial charge in [0.15, 0.2) is 0 Å². The molecule has 7 nitrogen and oxygen atoms in total. The number of ether oxygens (including phenoxy) is 1. The van der Waals surface area contributed by atoms with Crippen molar-refractivity contribution in [3.05, 3.63) is 65.9 Å². The molecule has 0 bridgehead atoms. The van der Waals surface area contributed by atoms with E-state index in [2.05, 4.69) is 15.2 Å². The molecule has 0 aliphatic carbocycles. The average molecular weight is 435 g/mol. The van der Waals surface area contributed by atoms with Crippen molar-refractivity contribution < 1.29 is 14.3 Å². The first kappa shape index (κ1) is 22.0. The highest BCUT2D eigenvalue weighted by Gasteiger charge is 2.26. The van der Waals surface area contributed by atoms with Gasteiger partial charge in [0.05, 0.1) is 13.2 Å². The molecule has 0 saturated carbocycles. The topological polar surface area (TPSA) is 74.8 Å². The Labute approximate surface area is 189 Å². The van der Waals surface area contributed by atoms with E-state index >= 15 is 0 Å². The van der Waals surface area contributed by atoms with Gasteiger partial charge < -0.3 is 19.9 Å². The van der Waals surface area contributed by atoms with Crippen LogP contribution in [0.2, 0.25) is 0 Å². The second-order valence-electron chi connectivity index (χ2n) is 8.15. The summed E-state index contributed by atoms with van der Waals surface area (Å²) in [7, 11) is 0. The molecule has 2 aromatic rings. The summed E-state index contributed by atoms with van der Waals surface area (Å²) in [5, 5.41) is 3.08. The van der Waals surface area contributed by atoms with Crippen LogP contribution in [-0.4, -0.2) is 61.1 Å². The van der Waals surface area contributed by atoms with Crippen molar-refractivity contribution in [1.82, 2.24) is 15.2 Å². The largest absolute Gasteiger partial charge is 0.378 e. The molecule has 2 aliphatic rings. The number of hydrogen-bond acceptors (Lipinski definition) is 5. The molecule has 1 aromatic heterocycles. The van der Waals surface area contributed by atoms with E-state index in [9.17, 15) is 9.59 Å². The number of pyridine rings is 1. The molecule has 0 unspecified atom stereocenters. The van der Waals surface area contributed by atoms with E-state index in [0.29, 0.717) is 45.7 Å². The zero-order valence-electron chi connectivity index (χ0n) is 18.3. The zero-order chi connectivity index (χ0) is 22.2. The molecule has 2 fully saturated rings. The summed E-state index contributed by atoms with van der Waals surface area (Å²) in [6.45, 7) is 4.66. The van der Waals surface area contributed by atoms with Gasteiger partial charge in [0.25, 0.3) is 0 Å². The highest BCUT2D eigenvalue weighted by atomic mass is 16.5. The minimum atomic E-state index is -0.0688. The van der Waals surface area contributed by atoms with Gasteiger partial charge >= 0.3 is 0 Å². The predicted octanol–water partition coefficient (Wildman–Crippen LogP) is 2.49. The molecule has 4 rings (SSSR count). The number of aromatic nitrogens is 1. The number of likely N-dealkylation sites (tertiary alicyclic amines) is 1. The number of piperidine rings is 1. The van der Waals surface area contributed by atoms with E-state index in [0.717, 1.165) is 30.0 Å². The summed E-state index contributed by atoms with van der Waals surface area (Å²) in [5.74, 6) is 0.898. The number of rotatable bonds is 6. The summed E-state index contributed by atoms with van der Waals surface area (Å²) in [6, 6.07) is 13.7. The summed E-state index contributed by atoms with van der Waals surface area (Å²) in [4.78, 5) is 33.8. The Bertz CT molecular complexity index is 933. The van der Waals surface area contributed by atoms with E-state index in [1.165, 1.54) is 0 Å². The van der Waals surface area contributed by atoms with Gasteiger partial charge in [-0.3, -0.25) is 9.59 Å². The van der Waals surface area contributed by atoms with Gasteiger partial charge in [-0.25, -0.2) is 4.98 Å². The molecule has 32 heavy (non-hydrogen) atoms. The minimum absolute atomic E-state index is 0.00164. The monoisotopic (exact) mass is 434 g/mol. The number of morpholine rings is 1. The lowest BCUT2D eigenvalue weighted by Gasteiger charge is -2.31. The first-order chi connectivity index (χ1) is 15.7. The Kier molecular flexibility index (Phi) is 7.51. The van der Waals surface area contributed by atoms with Crippen molar-refractivity contribution in [2.24, 2.45) is 5.92 Å². The molecule has 7 heteroatoms. The molecule has 0 radical (unpaired) electrons. The lowest BCUT2D eigenvalue weighted by atomic mass is 9.95. The number of anilines is 1. The lowest BCUT2D eigenvalue weighted by molar-refractivity contribution is -0.132. The minimum Gasteiger partial charge on any atom is -0.378 e. The van der Waals surface area contributed by atoms with Crippen molar-refractivity contribution in [2.75, 3.05) is 44.3 Å². The van der Waals surface area contributed by atoms with Crippen LogP contribution in [0.5, 0.6) is 0 Å². The van der Waals surface area contributed by atoms with Crippen LogP contribution in [0.4, 0.5) is 5.82 Å². The van der Waals surface area contributed by atoms with Crippen LogP contribution >= 0.6 is 0 Å². The molecule has 3 heterocycles. The fraction of sp³-hybridized carbons (Fsp3) is 0.400. The molecular weight excluding hydrogens is 404 g/mol. The maximum Gasteiger partial charge on any atom is 0.246 e. The van der Waals surface area contributed by atoms with Gasteiger partial charge in [-0.1, -0.05) is 36.4 Å². The maximum absolute atomic E-state index is 12.8. The Morgan fingerprint density at radius 1 is 1.03 bits per heavy atom. The van der Waals surface area contributed by atoms with E-state index in [1.54, 1.807) is 12.3 Å². The van der Waals surface area contributed by atoms with Gasteiger partial charge in [0.1, 0.15) is 5.82 Å². The van der Waals surface area contributed by atoms with Gasteiger partial charge in [0.2, 0.25) is 11.8 Å². The Hall–Kier alpha value is -3.19. The number of carbonyl (C=O) groups excluding carboxylic acids is 2. The SMILES string of the molecule is O=C(NCc1cccnc1N1CCOCC1)C1CCN(C(=O)/C=C/c2ccccc2)CC1. The highest BCUT2D eigenvalue weighted by Crippen LogP contribution is 2.21. The standard InChI is InChI=1S/C25H30N4O3/c30-23(9-8-20-5-2-1-3-6-20)28-13-10-21(11-14-28)25(31)27-19-22-7-4-12-26-24(22)29-15-17-32-18-16-29/h1-9,12,21H,10-11,13-19H2,(H,27,31)/b9-8+. The lowest BCUT2D eigenvalue weighted by Crippen LogP contribution is -2.42. The molecule has 168 valence electrons. The van der Waals surface area contributed by atoms with Crippen molar-refractivity contribution >= 4 is 23.7 Å². The molecule has 0 atom stereocenters. The van der Waals surface area contributed by atoms with Crippen LogP contribution in [0.3, 0.4) is 0 Å². The summed E-state index contributed by atoms with van der Waals surface area (Å²) in [5.41, 5.74) is 2.02. The highest BCUT2D eigenvalue weighted by molar-refractivity contribution is 5.92. The first-order valence-electron chi connectivity index (χ1n) is 11.3. The molecule has 1 aromatic carbocycles. The number of nitrogens with one attached hydrogen (secondary N) is 1. The normalized spacial score (nSPS) is 17.5. The number of nitrogens with zero attached hydrogens (tertiary/aromatic N) is 3. The summed E-state index contributed by atoms with van der Waals surface area (Å²) >= 11 is 0. The van der Waals surface area contributed by atoms with Gasteiger partial charge in [-0.15, -0.1) is 0 Å². The second-order valence-corrected chi connectivity index (χ2v) is 8.15. The third kappa shape index (κ3) is 5.73. The number of hydrogen-bond donors (Lipinski definition) is 1. The molecule has 2 amide bonds. The quantitative estimate of drug-likeness (QED) is 0.707. The van der Waals surface area contributed by atoms with Crippen LogP contribution in [-0.2, 0) is 20.9 Å². The Morgan fingerprint density at radius 2 is 1.78 bits per heavy atom. The van der Waals surface area contributed by atoms with E-state index in [1.807, 2.05) is 53.4 Å². The predicted molar refractivity (Wildman–Crippen MR) is 124 cm³/mol. The fourth-order valence-corrected chi connectivity index (χ4v) is 4.15. The van der Waals surface area contributed by atoms with E-state index in [4.69, 9.17) is 4.74 Å². The number of amides is 2. The van der Waals surface area contributed by atoms with Crippen molar-refractivity contribution in [1.29, 1.82) is 0 Å². The van der Waals surface area contributed by atoms with Crippen molar-refractivity contribution in [3.8, 4) is 0 Å². The number of benzene rings is 1. The Morgan fingerprint density at radius 3 is 2.53 bits per heavy atom. The van der Waals surface area contributed by atoms with Gasteiger partial charge in [-0.2, -0.15) is 0 Å². The second kappa shape index (κ2) is 10.9. The fourth-order valence-electron chi connectivity index (χ4n) is 4.15. The molecule has 2 saturated heterocycles. The van der Waals surface area contributed by atoms with E-state index < -0.39 is 0 Å². The Balaban J connectivity index is 1.25. The zero-order valence-corrected chi connectivity index (χ0v) is 18.3. The molecular formula is C25H30N4O3. The van der Waals surface area contributed by atoms with Gasteiger partial charge in [-0.05, 0) is 30.5 Å². The van der Waals surface area contributed by atoms with Crippen LogP contribution in [0.25, 0.3) is 6.08 Å².